The summed E-state index contributed by atoms with van der Waals surface area (Å²) in [6.07, 6.45) is 0. The van der Waals surface area contributed by atoms with E-state index in [1.165, 1.54) is 5.56 Å². The Balaban J connectivity index is 1.94. The number of ether oxygens (including phenoxy) is 1. The summed E-state index contributed by atoms with van der Waals surface area (Å²) in [4.78, 5) is 0. The number of hydrogen-bond donors (Lipinski definition) is 1. The molecule has 2 aromatic carbocycles. The van der Waals surface area contributed by atoms with Gasteiger partial charge < -0.3 is 10.1 Å². The predicted molar refractivity (Wildman–Crippen MR) is 84.2 cm³/mol. The van der Waals surface area contributed by atoms with Crippen molar-refractivity contribution in [2.45, 2.75) is 33.0 Å². The smallest absolute Gasteiger partial charge is 0.120 e. The van der Waals surface area contributed by atoms with Crippen molar-refractivity contribution in [3.8, 4) is 5.75 Å². The Hall–Kier alpha value is -1.51. The minimum absolute atomic E-state index is 0.478. The van der Waals surface area contributed by atoms with Crippen LogP contribution in [-0.4, -0.2) is 6.04 Å². The minimum atomic E-state index is 0.478. The van der Waals surface area contributed by atoms with Gasteiger partial charge in [-0.2, -0.15) is 0 Å². The molecule has 1 N–H and O–H groups in total. The van der Waals surface area contributed by atoms with E-state index < -0.39 is 0 Å². The van der Waals surface area contributed by atoms with E-state index in [1.54, 1.807) is 0 Å². The lowest BCUT2D eigenvalue weighted by molar-refractivity contribution is 0.306. The fourth-order valence-electron chi connectivity index (χ4n) is 1.86. The van der Waals surface area contributed by atoms with Crippen LogP contribution in [0.1, 0.15) is 25.0 Å². The van der Waals surface area contributed by atoms with Crippen LogP contribution >= 0.6 is 11.6 Å². The van der Waals surface area contributed by atoms with E-state index in [2.05, 4.69) is 31.3 Å². The average Bonchev–Trinajstić information content (AvgIpc) is 2.43. The molecule has 0 bridgehead atoms. The molecule has 0 aliphatic rings. The molecule has 2 aromatic rings. The number of halogens is 1. The third kappa shape index (κ3) is 4.87. The SMILES string of the molecule is CC(C)NCc1cccc(OCc2cccc(Cl)c2)c1. The third-order valence-electron chi connectivity index (χ3n) is 2.91. The molecule has 20 heavy (non-hydrogen) atoms. The molecule has 0 amide bonds. The van der Waals surface area contributed by atoms with Crippen LogP contribution in [0.25, 0.3) is 0 Å². The number of rotatable bonds is 6. The molecule has 0 radical (unpaired) electrons. The summed E-state index contributed by atoms with van der Waals surface area (Å²) >= 11 is 5.96. The highest BCUT2D eigenvalue weighted by Gasteiger charge is 2.00. The Morgan fingerprint density at radius 1 is 1.05 bits per heavy atom. The zero-order valence-corrected chi connectivity index (χ0v) is 12.7. The predicted octanol–water partition coefficient (Wildman–Crippen LogP) is 4.42. The number of nitrogens with one attached hydrogen (secondary N) is 1. The van der Waals surface area contributed by atoms with Crippen LogP contribution in [0.2, 0.25) is 5.02 Å². The summed E-state index contributed by atoms with van der Waals surface area (Å²) in [5.74, 6) is 0.882. The number of hydrogen-bond acceptors (Lipinski definition) is 2. The van der Waals surface area contributed by atoms with Crippen molar-refractivity contribution in [2.75, 3.05) is 0 Å². The highest BCUT2D eigenvalue weighted by molar-refractivity contribution is 6.30. The van der Waals surface area contributed by atoms with Crippen LogP contribution in [0.15, 0.2) is 48.5 Å². The molecule has 0 saturated heterocycles. The first kappa shape index (κ1) is 14.9. The molecule has 2 rings (SSSR count). The first-order valence-electron chi connectivity index (χ1n) is 6.83. The fraction of sp³-hybridized carbons (Fsp3) is 0.294. The van der Waals surface area contributed by atoms with Gasteiger partial charge in [-0.25, -0.2) is 0 Å². The fourth-order valence-corrected chi connectivity index (χ4v) is 2.07. The maximum Gasteiger partial charge on any atom is 0.120 e. The minimum Gasteiger partial charge on any atom is -0.489 e. The Morgan fingerprint density at radius 3 is 2.55 bits per heavy atom. The summed E-state index contributed by atoms with van der Waals surface area (Å²) < 4.78 is 5.81. The van der Waals surface area contributed by atoms with Crippen LogP contribution in [0.5, 0.6) is 5.75 Å². The summed E-state index contributed by atoms with van der Waals surface area (Å²) in [6, 6.07) is 16.4. The van der Waals surface area contributed by atoms with Gasteiger partial charge in [0.25, 0.3) is 0 Å². The van der Waals surface area contributed by atoms with E-state index in [1.807, 2.05) is 36.4 Å². The summed E-state index contributed by atoms with van der Waals surface area (Å²) in [5, 5.41) is 4.13. The molecule has 0 aliphatic carbocycles. The van der Waals surface area contributed by atoms with E-state index in [4.69, 9.17) is 16.3 Å². The second-order valence-electron chi connectivity index (χ2n) is 5.10. The van der Waals surface area contributed by atoms with Crippen molar-refractivity contribution >= 4 is 11.6 Å². The highest BCUT2D eigenvalue weighted by atomic mass is 35.5. The van der Waals surface area contributed by atoms with Crippen molar-refractivity contribution in [1.29, 1.82) is 0 Å². The number of benzene rings is 2. The van der Waals surface area contributed by atoms with Gasteiger partial charge in [-0.05, 0) is 35.4 Å². The summed E-state index contributed by atoms with van der Waals surface area (Å²) in [6.45, 7) is 5.66. The molecule has 0 unspecified atom stereocenters. The van der Waals surface area contributed by atoms with Gasteiger partial charge in [0.2, 0.25) is 0 Å². The molecule has 106 valence electrons. The molecule has 2 nitrogen and oxygen atoms in total. The van der Waals surface area contributed by atoms with Gasteiger partial charge in [-0.1, -0.05) is 49.7 Å². The summed E-state index contributed by atoms with van der Waals surface area (Å²) in [7, 11) is 0. The Labute approximate surface area is 125 Å². The van der Waals surface area contributed by atoms with Crippen LogP contribution < -0.4 is 10.1 Å². The van der Waals surface area contributed by atoms with E-state index >= 15 is 0 Å². The van der Waals surface area contributed by atoms with Crippen molar-refractivity contribution < 1.29 is 4.74 Å². The zero-order chi connectivity index (χ0) is 14.4. The third-order valence-corrected chi connectivity index (χ3v) is 3.14. The zero-order valence-electron chi connectivity index (χ0n) is 11.9. The average molecular weight is 290 g/mol. The van der Waals surface area contributed by atoms with Gasteiger partial charge in [0.1, 0.15) is 12.4 Å². The monoisotopic (exact) mass is 289 g/mol. The largest absolute Gasteiger partial charge is 0.489 e. The molecule has 0 heterocycles. The normalized spacial score (nSPS) is 10.8. The van der Waals surface area contributed by atoms with E-state index in [9.17, 15) is 0 Å². The maximum atomic E-state index is 5.96. The second kappa shape index (κ2) is 7.32. The molecule has 3 heteroatoms. The molecule has 0 atom stereocenters. The van der Waals surface area contributed by atoms with Crippen molar-refractivity contribution in [3.05, 3.63) is 64.7 Å². The molecule has 0 fully saturated rings. The lowest BCUT2D eigenvalue weighted by atomic mass is 10.2. The Kier molecular flexibility index (Phi) is 5.45. The van der Waals surface area contributed by atoms with Crippen molar-refractivity contribution in [1.82, 2.24) is 5.32 Å². The van der Waals surface area contributed by atoms with Crippen LogP contribution in [0.4, 0.5) is 0 Å². The Bertz CT molecular complexity index is 554. The van der Waals surface area contributed by atoms with Crippen LogP contribution in [0, 0.1) is 0 Å². The standard InChI is InChI=1S/C17H20ClNO/c1-13(2)19-11-14-5-4-8-17(10-14)20-12-15-6-3-7-16(18)9-15/h3-10,13,19H,11-12H2,1-2H3. The molecule has 0 aliphatic heterocycles. The van der Waals surface area contributed by atoms with Gasteiger partial charge in [0.05, 0.1) is 0 Å². The lowest BCUT2D eigenvalue weighted by Gasteiger charge is -2.10. The topological polar surface area (TPSA) is 21.3 Å². The first-order valence-corrected chi connectivity index (χ1v) is 7.21. The van der Waals surface area contributed by atoms with Gasteiger partial charge in [-0.3, -0.25) is 0 Å². The molecule has 0 spiro atoms. The molecule has 0 saturated carbocycles. The van der Waals surface area contributed by atoms with Gasteiger partial charge in [0, 0.05) is 17.6 Å². The van der Waals surface area contributed by atoms with Crippen LogP contribution in [-0.2, 0) is 13.2 Å². The molecular weight excluding hydrogens is 270 g/mol. The van der Waals surface area contributed by atoms with Crippen molar-refractivity contribution in [3.63, 3.8) is 0 Å². The van der Waals surface area contributed by atoms with Crippen LogP contribution in [0.3, 0.4) is 0 Å². The van der Waals surface area contributed by atoms with Gasteiger partial charge in [0.15, 0.2) is 0 Å². The van der Waals surface area contributed by atoms with Gasteiger partial charge in [-0.15, -0.1) is 0 Å². The molecular formula is C17H20ClNO. The Morgan fingerprint density at radius 2 is 1.80 bits per heavy atom. The quantitative estimate of drug-likeness (QED) is 0.850. The van der Waals surface area contributed by atoms with E-state index in [-0.39, 0.29) is 0 Å². The first-order chi connectivity index (χ1) is 9.63. The van der Waals surface area contributed by atoms with E-state index in [0.717, 1.165) is 22.9 Å². The second-order valence-corrected chi connectivity index (χ2v) is 5.54. The van der Waals surface area contributed by atoms with Gasteiger partial charge >= 0.3 is 0 Å². The lowest BCUT2D eigenvalue weighted by Crippen LogP contribution is -2.21. The highest BCUT2D eigenvalue weighted by Crippen LogP contribution is 2.17. The van der Waals surface area contributed by atoms with Crippen molar-refractivity contribution in [2.24, 2.45) is 0 Å². The molecule has 0 aromatic heterocycles. The maximum absolute atomic E-state index is 5.96. The van der Waals surface area contributed by atoms with E-state index in [0.29, 0.717) is 12.6 Å². The summed E-state index contributed by atoms with van der Waals surface area (Å²) in [5.41, 5.74) is 2.30.